The highest BCUT2D eigenvalue weighted by atomic mass is 16.5. The number of rotatable bonds is 4. The van der Waals surface area contributed by atoms with E-state index in [0.717, 1.165) is 40.8 Å². The molecule has 0 spiro atoms. The second kappa shape index (κ2) is 8.58. The molecule has 0 saturated carbocycles. The van der Waals surface area contributed by atoms with Crippen molar-refractivity contribution in [3.8, 4) is 5.75 Å². The Morgan fingerprint density at radius 1 is 0.970 bits per heavy atom. The number of para-hydroxylation sites is 1. The standard InChI is InChI=1S/C26H25N3O4/c1-17-13-24(27-22-6-4-3-5-20(17)22)28-9-11-29(12-10-28)25(30)16-32-19-7-8-21-18(2)14-26(31)33-23(21)15-19/h3-8,13-15H,9-12,16H2,1-2H3. The Morgan fingerprint density at radius 2 is 1.73 bits per heavy atom. The van der Waals surface area contributed by atoms with Crippen molar-refractivity contribution < 1.29 is 13.9 Å². The van der Waals surface area contributed by atoms with Crippen LogP contribution in [0.15, 0.2) is 63.8 Å². The van der Waals surface area contributed by atoms with E-state index >= 15 is 0 Å². The third-order valence-corrected chi connectivity index (χ3v) is 6.15. The molecule has 0 unspecified atom stereocenters. The lowest BCUT2D eigenvalue weighted by molar-refractivity contribution is -0.133. The van der Waals surface area contributed by atoms with Crippen molar-refractivity contribution in [1.29, 1.82) is 0 Å². The van der Waals surface area contributed by atoms with E-state index in [0.29, 0.717) is 24.4 Å². The lowest BCUT2D eigenvalue weighted by atomic mass is 10.1. The molecule has 168 valence electrons. The normalized spacial score (nSPS) is 14.1. The van der Waals surface area contributed by atoms with E-state index in [1.807, 2.05) is 36.1 Å². The van der Waals surface area contributed by atoms with E-state index in [4.69, 9.17) is 14.1 Å². The van der Waals surface area contributed by atoms with Gasteiger partial charge in [0.2, 0.25) is 0 Å². The number of carbonyl (C=O) groups excluding carboxylic acids is 1. The average molecular weight is 444 g/mol. The monoisotopic (exact) mass is 443 g/mol. The summed E-state index contributed by atoms with van der Waals surface area (Å²) in [6.45, 7) is 6.56. The quantitative estimate of drug-likeness (QED) is 0.448. The minimum atomic E-state index is -0.401. The van der Waals surface area contributed by atoms with Gasteiger partial charge in [-0.1, -0.05) is 18.2 Å². The van der Waals surface area contributed by atoms with Crippen LogP contribution in [0.3, 0.4) is 0 Å². The number of ether oxygens (including phenoxy) is 1. The fourth-order valence-corrected chi connectivity index (χ4v) is 4.31. The molecule has 0 bridgehead atoms. The molecule has 0 aliphatic carbocycles. The zero-order valence-corrected chi connectivity index (χ0v) is 18.7. The molecule has 7 heteroatoms. The number of amides is 1. The minimum absolute atomic E-state index is 0.0606. The Hall–Kier alpha value is -3.87. The predicted octanol–water partition coefficient (Wildman–Crippen LogP) is 3.69. The number of carbonyl (C=O) groups is 1. The van der Waals surface area contributed by atoms with Crippen molar-refractivity contribution in [2.24, 2.45) is 0 Å². The molecular weight excluding hydrogens is 418 g/mol. The van der Waals surface area contributed by atoms with Gasteiger partial charge in [0.25, 0.3) is 5.91 Å². The van der Waals surface area contributed by atoms with E-state index < -0.39 is 5.63 Å². The van der Waals surface area contributed by atoms with Crippen LogP contribution in [0.2, 0.25) is 0 Å². The summed E-state index contributed by atoms with van der Waals surface area (Å²) in [4.78, 5) is 33.2. The smallest absolute Gasteiger partial charge is 0.336 e. The van der Waals surface area contributed by atoms with Gasteiger partial charge in [-0.3, -0.25) is 4.79 Å². The number of piperazine rings is 1. The molecule has 0 radical (unpaired) electrons. The first-order chi connectivity index (χ1) is 16.0. The average Bonchev–Trinajstić information content (AvgIpc) is 2.82. The Bertz CT molecular complexity index is 1400. The summed E-state index contributed by atoms with van der Waals surface area (Å²) in [5.74, 6) is 1.38. The molecule has 5 rings (SSSR count). The molecule has 0 atom stereocenters. The number of pyridine rings is 1. The highest BCUT2D eigenvalue weighted by molar-refractivity contribution is 5.84. The van der Waals surface area contributed by atoms with Crippen molar-refractivity contribution >= 4 is 33.6 Å². The van der Waals surface area contributed by atoms with Gasteiger partial charge < -0.3 is 19.0 Å². The molecule has 1 fully saturated rings. The lowest BCUT2D eigenvalue weighted by Gasteiger charge is -2.35. The van der Waals surface area contributed by atoms with E-state index in [1.165, 1.54) is 11.6 Å². The molecule has 3 heterocycles. The van der Waals surface area contributed by atoms with Gasteiger partial charge in [-0.2, -0.15) is 0 Å². The van der Waals surface area contributed by atoms with Crippen LogP contribution < -0.4 is 15.3 Å². The minimum Gasteiger partial charge on any atom is -0.484 e. The third-order valence-electron chi connectivity index (χ3n) is 6.15. The number of benzene rings is 2. The number of hydrogen-bond acceptors (Lipinski definition) is 6. The van der Waals surface area contributed by atoms with Gasteiger partial charge >= 0.3 is 5.63 Å². The maximum atomic E-state index is 12.7. The van der Waals surface area contributed by atoms with E-state index in [-0.39, 0.29) is 12.5 Å². The van der Waals surface area contributed by atoms with Crippen LogP contribution in [-0.4, -0.2) is 48.6 Å². The second-order valence-electron chi connectivity index (χ2n) is 8.38. The van der Waals surface area contributed by atoms with Gasteiger partial charge in [0, 0.05) is 49.1 Å². The molecule has 2 aromatic heterocycles. The lowest BCUT2D eigenvalue weighted by Crippen LogP contribution is -2.50. The summed E-state index contributed by atoms with van der Waals surface area (Å²) in [6.07, 6.45) is 0. The van der Waals surface area contributed by atoms with Crippen LogP contribution in [0.25, 0.3) is 21.9 Å². The zero-order chi connectivity index (χ0) is 22.9. The molecule has 0 N–H and O–H groups in total. The highest BCUT2D eigenvalue weighted by Gasteiger charge is 2.23. The first-order valence-electron chi connectivity index (χ1n) is 11.0. The Labute approximate surface area is 191 Å². The van der Waals surface area contributed by atoms with Crippen molar-refractivity contribution in [2.45, 2.75) is 13.8 Å². The second-order valence-corrected chi connectivity index (χ2v) is 8.38. The first-order valence-corrected chi connectivity index (χ1v) is 11.0. The largest absolute Gasteiger partial charge is 0.484 e. The summed E-state index contributed by atoms with van der Waals surface area (Å²) >= 11 is 0. The van der Waals surface area contributed by atoms with Gasteiger partial charge in [0.15, 0.2) is 6.61 Å². The van der Waals surface area contributed by atoms with Crippen LogP contribution in [0.5, 0.6) is 5.75 Å². The fraction of sp³-hybridized carbons (Fsp3) is 0.269. The number of anilines is 1. The first kappa shape index (κ1) is 21.0. The third kappa shape index (κ3) is 4.26. The van der Waals surface area contributed by atoms with Crippen molar-refractivity contribution in [2.75, 3.05) is 37.7 Å². The molecule has 7 nitrogen and oxygen atoms in total. The summed E-state index contributed by atoms with van der Waals surface area (Å²) in [5, 5.41) is 2.01. The van der Waals surface area contributed by atoms with Gasteiger partial charge in [0.05, 0.1) is 5.52 Å². The van der Waals surface area contributed by atoms with Crippen LogP contribution in [0, 0.1) is 13.8 Å². The van der Waals surface area contributed by atoms with Crippen LogP contribution in [0.4, 0.5) is 5.82 Å². The fourth-order valence-electron chi connectivity index (χ4n) is 4.31. The number of fused-ring (bicyclic) bond motifs is 2. The number of nitrogens with zero attached hydrogens (tertiary/aromatic N) is 3. The Balaban J connectivity index is 1.21. The molecule has 1 aliphatic heterocycles. The van der Waals surface area contributed by atoms with Gasteiger partial charge in [-0.15, -0.1) is 0 Å². The summed E-state index contributed by atoms with van der Waals surface area (Å²) in [5.41, 5.74) is 3.08. The van der Waals surface area contributed by atoms with Gasteiger partial charge in [-0.25, -0.2) is 9.78 Å². The zero-order valence-electron chi connectivity index (χ0n) is 18.7. The number of hydrogen-bond donors (Lipinski definition) is 0. The van der Waals surface area contributed by atoms with Gasteiger partial charge in [0.1, 0.15) is 17.2 Å². The molecule has 1 aliphatic rings. The van der Waals surface area contributed by atoms with Crippen molar-refractivity contribution in [3.05, 3.63) is 76.1 Å². The van der Waals surface area contributed by atoms with Crippen LogP contribution >= 0.6 is 0 Å². The maximum Gasteiger partial charge on any atom is 0.336 e. The predicted molar refractivity (Wildman–Crippen MR) is 128 cm³/mol. The number of aromatic nitrogens is 1. The molecular formula is C26H25N3O4. The molecule has 2 aromatic carbocycles. The van der Waals surface area contributed by atoms with Crippen molar-refractivity contribution in [3.63, 3.8) is 0 Å². The van der Waals surface area contributed by atoms with E-state index in [9.17, 15) is 9.59 Å². The van der Waals surface area contributed by atoms with Crippen LogP contribution in [-0.2, 0) is 4.79 Å². The topological polar surface area (TPSA) is 75.9 Å². The molecule has 1 saturated heterocycles. The van der Waals surface area contributed by atoms with Gasteiger partial charge in [-0.05, 0) is 49.2 Å². The summed E-state index contributed by atoms with van der Waals surface area (Å²) in [7, 11) is 0. The summed E-state index contributed by atoms with van der Waals surface area (Å²) < 4.78 is 11.0. The molecule has 4 aromatic rings. The number of aryl methyl sites for hydroxylation is 2. The van der Waals surface area contributed by atoms with Crippen LogP contribution in [0.1, 0.15) is 11.1 Å². The highest BCUT2D eigenvalue weighted by Crippen LogP contribution is 2.24. The molecule has 1 amide bonds. The van der Waals surface area contributed by atoms with E-state index in [1.54, 1.807) is 12.1 Å². The van der Waals surface area contributed by atoms with E-state index in [2.05, 4.69) is 24.0 Å². The molecule has 33 heavy (non-hydrogen) atoms. The maximum absolute atomic E-state index is 12.7. The van der Waals surface area contributed by atoms with Crippen molar-refractivity contribution in [1.82, 2.24) is 9.88 Å². The Morgan fingerprint density at radius 3 is 2.55 bits per heavy atom. The Kier molecular flexibility index (Phi) is 5.46. The SMILES string of the molecule is Cc1cc(N2CCN(C(=O)COc3ccc4c(C)cc(=O)oc4c3)CC2)nc2ccccc12. The summed E-state index contributed by atoms with van der Waals surface area (Å²) in [6, 6.07) is 17.0.